The predicted molar refractivity (Wildman–Crippen MR) is 114 cm³/mol. The van der Waals surface area contributed by atoms with Gasteiger partial charge in [0.15, 0.2) is 0 Å². The van der Waals surface area contributed by atoms with Gasteiger partial charge in [0.2, 0.25) is 5.91 Å². The summed E-state index contributed by atoms with van der Waals surface area (Å²) >= 11 is 0. The van der Waals surface area contributed by atoms with Crippen molar-refractivity contribution in [2.75, 3.05) is 25.0 Å². The van der Waals surface area contributed by atoms with Crippen LogP contribution in [0.2, 0.25) is 0 Å². The number of aliphatic hydroxyl groups excluding tert-OH is 1. The maximum Gasteiger partial charge on any atom is 0.264 e. The molecule has 9 heteroatoms. The van der Waals surface area contributed by atoms with Gasteiger partial charge in [-0.25, -0.2) is 0 Å². The summed E-state index contributed by atoms with van der Waals surface area (Å²) in [5.74, 6) is -1.45. The van der Waals surface area contributed by atoms with Crippen LogP contribution in [0.25, 0.3) is 0 Å². The maximum atomic E-state index is 13.1. The van der Waals surface area contributed by atoms with E-state index >= 15 is 0 Å². The standard InChI is InChI=1S/C22H30N4O5/c1-13(31-14-8-10-23-11-9-14)7-12-24-16-4-2-3-15-19(16)22(30)26(21(15)29)17-5-6-18(27)25-20(17)28/h2-4,13-14,17-18,23-24,27H,5-12H2,1H3,(H,25,28)/t13-,17?,18?/m1/s1. The van der Waals surface area contributed by atoms with Crippen LogP contribution in [0.3, 0.4) is 0 Å². The molecule has 3 aliphatic rings. The van der Waals surface area contributed by atoms with E-state index in [1.54, 1.807) is 18.2 Å². The SMILES string of the molecule is C[C@H](CCNc1cccc2c1C(=O)N(C1CCC(O)NC1=O)C2=O)OC1CCNCC1. The number of nitrogens with zero attached hydrogens (tertiary/aromatic N) is 1. The molecule has 3 heterocycles. The number of ether oxygens (including phenoxy) is 1. The van der Waals surface area contributed by atoms with Crippen molar-refractivity contribution in [1.82, 2.24) is 15.5 Å². The van der Waals surface area contributed by atoms with Crippen molar-refractivity contribution in [3.63, 3.8) is 0 Å². The van der Waals surface area contributed by atoms with Crippen LogP contribution in [0.15, 0.2) is 18.2 Å². The molecule has 3 amide bonds. The molecule has 31 heavy (non-hydrogen) atoms. The van der Waals surface area contributed by atoms with Crippen LogP contribution in [-0.2, 0) is 9.53 Å². The van der Waals surface area contributed by atoms with Crippen LogP contribution in [0, 0.1) is 0 Å². The van der Waals surface area contributed by atoms with Crippen molar-refractivity contribution in [2.45, 2.75) is 63.5 Å². The largest absolute Gasteiger partial charge is 0.384 e. The first kappa shape index (κ1) is 21.7. The zero-order valence-electron chi connectivity index (χ0n) is 17.7. The smallest absolute Gasteiger partial charge is 0.264 e. The number of anilines is 1. The molecule has 3 aliphatic heterocycles. The second kappa shape index (κ2) is 9.33. The minimum absolute atomic E-state index is 0.0820. The Kier molecular flexibility index (Phi) is 6.54. The molecule has 0 spiro atoms. The van der Waals surface area contributed by atoms with Gasteiger partial charge < -0.3 is 25.8 Å². The average molecular weight is 431 g/mol. The normalized spacial score (nSPS) is 25.4. The summed E-state index contributed by atoms with van der Waals surface area (Å²) in [5, 5.41) is 18.6. The molecular weight excluding hydrogens is 400 g/mol. The fraction of sp³-hybridized carbons (Fsp3) is 0.591. The van der Waals surface area contributed by atoms with E-state index < -0.39 is 30.0 Å². The second-order valence-corrected chi connectivity index (χ2v) is 8.44. The molecule has 2 saturated heterocycles. The molecule has 0 aromatic heterocycles. The molecule has 2 fully saturated rings. The number of rotatable bonds is 7. The molecular formula is C22H30N4O5. The van der Waals surface area contributed by atoms with E-state index in [0.29, 0.717) is 29.8 Å². The van der Waals surface area contributed by atoms with E-state index in [1.807, 2.05) is 6.92 Å². The first-order valence-corrected chi connectivity index (χ1v) is 11.0. The minimum atomic E-state index is -0.940. The second-order valence-electron chi connectivity index (χ2n) is 8.44. The number of imide groups is 1. The lowest BCUT2D eigenvalue weighted by Gasteiger charge is -2.31. The molecule has 168 valence electrons. The first-order chi connectivity index (χ1) is 15.0. The predicted octanol–water partition coefficient (Wildman–Crippen LogP) is 0.839. The fourth-order valence-electron chi connectivity index (χ4n) is 4.50. The molecule has 9 nitrogen and oxygen atoms in total. The van der Waals surface area contributed by atoms with E-state index in [1.165, 1.54) is 0 Å². The third-order valence-corrected chi connectivity index (χ3v) is 6.16. The zero-order valence-corrected chi connectivity index (χ0v) is 17.7. The molecule has 4 rings (SSSR count). The van der Waals surface area contributed by atoms with Gasteiger partial charge in [0.1, 0.15) is 12.3 Å². The average Bonchev–Trinajstić information content (AvgIpc) is 3.00. The third-order valence-electron chi connectivity index (χ3n) is 6.16. The Morgan fingerprint density at radius 3 is 2.68 bits per heavy atom. The fourth-order valence-corrected chi connectivity index (χ4v) is 4.50. The number of nitrogens with one attached hydrogen (secondary N) is 3. The van der Waals surface area contributed by atoms with Gasteiger partial charge in [0, 0.05) is 12.2 Å². The van der Waals surface area contributed by atoms with E-state index in [4.69, 9.17) is 4.74 Å². The highest BCUT2D eigenvalue weighted by Crippen LogP contribution is 2.32. The monoisotopic (exact) mass is 430 g/mol. The van der Waals surface area contributed by atoms with Crippen molar-refractivity contribution < 1.29 is 24.2 Å². The van der Waals surface area contributed by atoms with Crippen molar-refractivity contribution in [3.8, 4) is 0 Å². The Bertz CT molecular complexity index is 854. The number of amides is 3. The van der Waals surface area contributed by atoms with Crippen molar-refractivity contribution in [1.29, 1.82) is 0 Å². The highest BCUT2D eigenvalue weighted by Gasteiger charge is 2.45. The quantitative estimate of drug-likeness (QED) is 0.473. The first-order valence-electron chi connectivity index (χ1n) is 11.0. The van der Waals surface area contributed by atoms with Crippen molar-refractivity contribution in [3.05, 3.63) is 29.3 Å². The summed E-state index contributed by atoms with van der Waals surface area (Å²) in [7, 11) is 0. The summed E-state index contributed by atoms with van der Waals surface area (Å²) in [6, 6.07) is 4.22. The molecule has 4 N–H and O–H groups in total. The Morgan fingerprint density at radius 1 is 1.16 bits per heavy atom. The summed E-state index contributed by atoms with van der Waals surface area (Å²) in [6.07, 6.45) is 2.76. The van der Waals surface area contributed by atoms with Crippen LogP contribution in [-0.4, -0.2) is 71.8 Å². The number of carbonyl (C=O) groups is 3. The molecule has 0 aliphatic carbocycles. The van der Waals surface area contributed by atoms with Gasteiger partial charge in [0.05, 0.1) is 23.3 Å². The number of aliphatic hydroxyl groups is 1. The summed E-state index contributed by atoms with van der Waals surface area (Å²) in [6.45, 7) is 4.61. The van der Waals surface area contributed by atoms with E-state index in [2.05, 4.69) is 16.0 Å². The van der Waals surface area contributed by atoms with Crippen LogP contribution in [0.1, 0.15) is 59.7 Å². The number of benzene rings is 1. The van der Waals surface area contributed by atoms with E-state index in [9.17, 15) is 19.5 Å². The minimum Gasteiger partial charge on any atom is -0.384 e. The van der Waals surface area contributed by atoms with E-state index in [-0.39, 0.29) is 18.6 Å². The summed E-state index contributed by atoms with van der Waals surface area (Å²) in [4.78, 5) is 39.3. The van der Waals surface area contributed by atoms with Crippen LogP contribution in [0.5, 0.6) is 0 Å². The number of piperidine rings is 2. The molecule has 0 radical (unpaired) electrons. The van der Waals surface area contributed by atoms with Crippen molar-refractivity contribution >= 4 is 23.4 Å². The van der Waals surface area contributed by atoms with Crippen LogP contribution in [0.4, 0.5) is 5.69 Å². The number of fused-ring (bicyclic) bond motifs is 1. The summed E-state index contributed by atoms with van der Waals surface area (Å²) < 4.78 is 6.10. The number of carbonyl (C=O) groups excluding carboxylic acids is 3. The summed E-state index contributed by atoms with van der Waals surface area (Å²) in [5.41, 5.74) is 1.19. The molecule has 0 saturated carbocycles. The van der Waals surface area contributed by atoms with Crippen LogP contribution < -0.4 is 16.0 Å². The lowest BCUT2D eigenvalue weighted by Crippen LogP contribution is -2.55. The molecule has 1 aromatic rings. The maximum absolute atomic E-state index is 13.1. The van der Waals surface area contributed by atoms with Gasteiger partial charge in [-0.1, -0.05) is 6.07 Å². The van der Waals surface area contributed by atoms with E-state index in [0.717, 1.165) is 37.3 Å². The molecule has 0 bridgehead atoms. The van der Waals surface area contributed by atoms with Gasteiger partial charge in [-0.05, 0) is 64.3 Å². The number of hydrogen-bond donors (Lipinski definition) is 4. The topological polar surface area (TPSA) is 120 Å². The lowest BCUT2D eigenvalue weighted by molar-refractivity contribution is -0.131. The molecule has 2 unspecified atom stereocenters. The Balaban J connectivity index is 1.39. The van der Waals surface area contributed by atoms with Gasteiger partial charge >= 0.3 is 0 Å². The van der Waals surface area contributed by atoms with Crippen molar-refractivity contribution in [2.24, 2.45) is 0 Å². The highest BCUT2D eigenvalue weighted by molar-refractivity contribution is 6.25. The van der Waals surface area contributed by atoms with Gasteiger partial charge in [-0.2, -0.15) is 0 Å². The molecule has 3 atom stereocenters. The van der Waals surface area contributed by atoms with Crippen LogP contribution >= 0.6 is 0 Å². The van der Waals surface area contributed by atoms with Gasteiger partial charge in [0.25, 0.3) is 11.8 Å². The zero-order chi connectivity index (χ0) is 22.0. The van der Waals surface area contributed by atoms with Gasteiger partial charge in [-0.15, -0.1) is 0 Å². The number of hydrogen-bond acceptors (Lipinski definition) is 7. The Morgan fingerprint density at radius 2 is 1.94 bits per heavy atom. The third kappa shape index (κ3) is 4.58. The molecule has 1 aromatic carbocycles. The highest BCUT2D eigenvalue weighted by atomic mass is 16.5. The Labute approximate surface area is 181 Å². The van der Waals surface area contributed by atoms with Gasteiger partial charge in [-0.3, -0.25) is 19.3 Å². The lowest BCUT2D eigenvalue weighted by atomic mass is 10.0. The Hall–Kier alpha value is -2.49.